The van der Waals surface area contributed by atoms with Gasteiger partial charge in [-0.25, -0.2) is 0 Å². The van der Waals surface area contributed by atoms with Crippen LogP contribution in [0.15, 0.2) is 12.4 Å². The predicted molar refractivity (Wildman–Crippen MR) is 81.4 cm³/mol. The molecule has 0 amide bonds. The first-order valence-electron chi connectivity index (χ1n) is 7.03. The molecule has 0 aromatic carbocycles. The fourth-order valence-corrected chi connectivity index (χ4v) is 1.84. The van der Waals surface area contributed by atoms with E-state index in [1.54, 1.807) is 17.9 Å². The van der Waals surface area contributed by atoms with Gasteiger partial charge in [0.2, 0.25) is 17.8 Å². The molecular formula is C12H21N9. The number of nitrogens with one attached hydrogen (secondary N) is 2. The van der Waals surface area contributed by atoms with Crippen LogP contribution >= 0.6 is 0 Å². The standard InChI is InChI=1S/C12H21N9/c1-4-20(5-2)12-17-10(13-3)16-11(18-12)14-6-8-21-9-7-15-19-21/h7,9H,4-6,8H2,1-3H3,(H2,13,14,16,17,18). The van der Waals surface area contributed by atoms with Crippen LogP contribution in [0.5, 0.6) is 0 Å². The minimum Gasteiger partial charge on any atom is -0.357 e. The van der Waals surface area contributed by atoms with E-state index < -0.39 is 0 Å². The minimum absolute atomic E-state index is 0.551. The van der Waals surface area contributed by atoms with Crippen molar-refractivity contribution >= 4 is 17.8 Å². The smallest absolute Gasteiger partial charge is 0.231 e. The highest BCUT2D eigenvalue weighted by Crippen LogP contribution is 2.12. The van der Waals surface area contributed by atoms with E-state index in [9.17, 15) is 0 Å². The Bertz CT molecular complexity index is 536. The highest BCUT2D eigenvalue weighted by atomic mass is 15.4. The first-order chi connectivity index (χ1) is 10.3. The molecule has 2 heterocycles. The van der Waals surface area contributed by atoms with Gasteiger partial charge in [0, 0.05) is 32.9 Å². The highest BCUT2D eigenvalue weighted by molar-refractivity contribution is 5.43. The van der Waals surface area contributed by atoms with Crippen LogP contribution in [-0.2, 0) is 6.54 Å². The monoisotopic (exact) mass is 291 g/mol. The van der Waals surface area contributed by atoms with Crippen molar-refractivity contribution in [2.75, 3.05) is 42.2 Å². The van der Waals surface area contributed by atoms with Crippen LogP contribution < -0.4 is 15.5 Å². The van der Waals surface area contributed by atoms with E-state index in [1.807, 2.05) is 6.20 Å². The van der Waals surface area contributed by atoms with Gasteiger partial charge in [-0.2, -0.15) is 15.0 Å². The lowest BCUT2D eigenvalue weighted by Crippen LogP contribution is -2.25. The quantitative estimate of drug-likeness (QED) is 0.724. The molecule has 0 unspecified atom stereocenters. The number of aromatic nitrogens is 6. The van der Waals surface area contributed by atoms with E-state index in [4.69, 9.17) is 0 Å². The maximum absolute atomic E-state index is 4.45. The molecule has 9 heteroatoms. The second-order valence-corrected chi connectivity index (χ2v) is 4.30. The van der Waals surface area contributed by atoms with E-state index in [0.717, 1.165) is 13.1 Å². The third-order valence-electron chi connectivity index (χ3n) is 2.99. The summed E-state index contributed by atoms with van der Waals surface area (Å²) in [6.45, 7) is 7.20. The minimum atomic E-state index is 0.551. The van der Waals surface area contributed by atoms with Crippen LogP contribution in [0.4, 0.5) is 17.8 Å². The van der Waals surface area contributed by atoms with Crippen molar-refractivity contribution in [2.24, 2.45) is 0 Å². The molecule has 0 fully saturated rings. The molecule has 0 saturated heterocycles. The van der Waals surface area contributed by atoms with Gasteiger partial charge in [0.05, 0.1) is 12.7 Å². The molecule has 114 valence electrons. The van der Waals surface area contributed by atoms with Crippen LogP contribution in [-0.4, -0.2) is 56.6 Å². The van der Waals surface area contributed by atoms with Gasteiger partial charge < -0.3 is 15.5 Å². The molecule has 0 saturated carbocycles. The molecule has 0 atom stereocenters. The Balaban J connectivity index is 2.05. The summed E-state index contributed by atoms with van der Waals surface area (Å²) in [6, 6.07) is 0. The van der Waals surface area contributed by atoms with Crippen molar-refractivity contribution in [2.45, 2.75) is 20.4 Å². The number of hydrogen-bond acceptors (Lipinski definition) is 8. The second kappa shape index (κ2) is 7.36. The lowest BCUT2D eigenvalue weighted by atomic mass is 10.5. The van der Waals surface area contributed by atoms with Gasteiger partial charge in [0.15, 0.2) is 0 Å². The summed E-state index contributed by atoms with van der Waals surface area (Å²) in [5.74, 6) is 1.77. The molecule has 0 aliphatic heterocycles. The van der Waals surface area contributed by atoms with Gasteiger partial charge in [-0.05, 0) is 13.8 Å². The largest absolute Gasteiger partial charge is 0.357 e. The first kappa shape index (κ1) is 14.9. The molecule has 0 radical (unpaired) electrons. The third-order valence-corrected chi connectivity index (χ3v) is 2.99. The van der Waals surface area contributed by atoms with Crippen molar-refractivity contribution in [1.82, 2.24) is 29.9 Å². The van der Waals surface area contributed by atoms with Crippen molar-refractivity contribution in [3.05, 3.63) is 12.4 Å². The maximum Gasteiger partial charge on any atom is 0.231 e. The Hall–Kier alpha value is -2.45. The Morgan fingerprint density at radius 2 is 1.90 bits per heavy atom. The zero-order valence-corrected chi connectivity index (χ0v) is 12.6. The van der Waals surface area contributed by atoms with E-state index in [1.165, 1.54) is 0 Å². The Morgan fingerprint density at radius 3 is 2.52 bits per heavy atom. The highest BCUT2D eigenvalue weighted by Gasteiger charge is 2.10. The molecular weight excluding hydrogens is 270 g/mol. The van der Waals surface area contributed by atoms with Crippen molar-refractivity contribution in [3.63, 3.8) is 0 Å². The summed E-state index contributed by atoms with van der Waals surface area (Å²) in [4.78, 5) is 15.2. The van der Waals surface area contributed by atoms with E-state index in [2.05, 4.69) is 54.6 Å². The van der Waals surface area contributed by atoms with Crippen LogP contribution in [0.1, 0.15) is 13.8 Å². The van der Waals surface area contributed by atoms with Gasteiger partial charge in [0.25, 0.3) is 0 Å². The third kappa shape index (κ3) is 4.01. The maximum atomic E-state index is 4.45. The van der Waals surface area contributed by atoms with Crippen LogP contribution in [0.2, 0.25) is 0 Å². The summed E-state index contributed by atoms with van der Waals surface area (Å²) in [5, 5.41) is 13.8. The Kier molecular flexibility index (Phi) is 5.24. The molecule has 21 heavy (non-hydrogen) atoms. The molecule has 0 bridgehead atoms. The average Bonchev–Trinajstić information content (AvgIpc) is 3.01. The fraction of sp³-hybridized carbons (Fsp3) is 0.583. The van der Waals surface area contributed by atoms with Gasteiger partial charge in [-0.3, -0.25) is 4.68 Å². The zero-order chi connectivity index (χ0) is 15.1. The van der Waals surface area contributed by atoms with Gasteiger partial charge in [-0.15, -0.1) is 5.10 Å². The van der Waals surface area contributed by atoms with E-state index in [-0.39, 0.29) is 0 Å². The lowest BCUT2D eigenvalue weighted by molar-refractivity contribution is 0.607. The Labute approximate surface area is 123 Å². The molecule has 2 aromatic heterocycles. The number of rotatable bonds is 8. The summed E-state index contributed by atoms with van der Waals surface area (Å²) in [5.41, 5.74) is 0. The van der Waals surface area contributed by atoms with Crippen molar-refractivity contribution in [3.8, 4) is 0 Å². The molecule has 0 aliphatic rings. The first-order valence-corrected chi connectivity index (χ1v) is 7.03. The molecule has 2 aromatic rings. The number of hydrogen-bond donors (Lipinski definition) is 2. The van der Waals surface area contributed by atoms with Crippen LogP contribution in [0.3, 0.4) is 0 Å². The lowest BCUT2D eigenvalue weighted by Gasteiger charge is -2.19. The average molecular weight is 291 g/mol. The van der Waals surface area contributed by atoms with Gasteiger partial charge in [-0.1, -0.05) is 5.21 Å². The van der Waals surface area contributed by atoms with E-state index >= 15 is 0 Å². The van der Waals surface area contributed by atoms with Crippen molar-refractivity contribution in [1.29, 1.82) is 0 Å². The number of nitrogens with zero attached hydrogens (tertiary/aromatic N) is 7. The molecule has 9 nitrogen and oxygen atoms in total. The van der Waals surface area contributed by atoms with Crippen LogP contribution in [0.25, 0.3) is 0 Å². The second-order valence-electron chi connectivity index (χ2n) is 4.30. The normalized spacial score (nSPS) is 10.4. The molecule has 2 rings (SSSR count). The summed E-state index contributed by atoms with van der Waals surface area (Å²) in [6.07, 6.45) is 3.47. The summed E-state index contributed by atoms with van der Waals surface area (Å²) in [7, 11) is 1.79. The SMILES string of the molecule is CCN(CC)c1nc(NC)nc(NCCn2ccnn2)n1. The Morgan fingerprint density at radius 1 is 1.14 bits per heavy atom. The van der Waals surface area contributed by atoms with Gasteiger partial charge in [0.1, 0.15) is 0 Å². The van der Waals surface area contributed by atoms with E-state index in [0.29, 0.717) is 30.9 Å². The number of anilines is 3. The topological polar surface area (TPSA) is 96.7 Å². The molecule has 0 aliphatic carbocycles. The molecule has 2 N–H and O–H groups in total. The van der Waals surface area contributed by atoms with Gasteiger partial charge >= 0.3 is 0 Å². The van der Waals surface area contributed by atoms with Crippen LogP contribution in [0, 0.1) is 0 Å². The zero-order valence-electron chi connectivity index (χ0n) is 12.6. The molecule has 0 spiro atoms. The fourth-order valence-electron chi connectivity index (χ4n) is 1.84. The van der Waals surface area contributed by atoms with Crippen molar-refractivity contribution < 1.29 is 0 Å². The summed E-state index contributed by atoms with van der Waals surface area (Å²) >= 11 is 0. The predicted octanol–water partition coefficient (Wildman–Crippen LogP) is 0.463. The summed E-state index contributed by atoms with van der Waals surface area (Å²) < 4.78 is 1.75.